The second kappa shape index (κ2) is 6.04. The fourth-order valence-corrected chi connectivity index (χ4v) is 4.06. The maximum atomic E-state index is 13.0. The van der Waals surface area contributed by atoms with Gasteiger partial charge in [0.2, 0.25) is 0 Å². The largest absolute Gasteiger partial charge is 0.389 e. The van der Waals surface area contributed by atoms with Gasteiger partial charge in [-0.2, -0.15) is 0 Å². The molecule has 126 valence electrons. The van der Waals surface area contributed by atoms with Crippen LogP contribution in [0.15, 0.2) is 24.3 Å². The Morgan fingerprint density at radius 2 is 1.70 bits per heavy atom. The Labute approximate surface area is 137 Å². The SMILES string of the molecule is OC1(CN2CC(N3CCN(c4ccc(F)cc4)CC3)C2)CCC1. The third-order valence-electron chi connectivity index (χ3n) is 5.76. The van der Waals surface area contributed by atoms with E-state index < -0.39 is 0 Å². The molecular formula is C18H26FN3O. The van der Waals surface area contributed by atoms with Gasteiger partial charge >= 0.3 is 0 Å². The molecule has 0 unspecified atom stereocenters. The summed E-state index contributed by atoms with van der Waals surface area (Å²) in [6, 6.07) is 7.46. The monoisotopic (exact) mass is 319 g/mol. The lowest BCUT2D eigenvalue weighted by Gasteiger charge is -2.51. The fraction of sp³-hybridized carbons (Fsp3) is 0.667. The molecule has 4 nitrogen and oxygen atoms in total. The predicted molar refractivity (Wildman–Crippen MR) is 89.2 cm³/mol. The molecule has 0 amide bonds. The maximum absolute atomic E-state index is 13.0. The Hall–Kier alpha value is -1.17. The highest BCUT2D eigenvalue weighted by molar-refractivity contribution is 5.46. The molecule has 1 N–H and O–H groups in total. The van der Waals surface area contributed by atoms with Crippen molar-refractivity contribution < 1.29 is 9.50 Å². The van der Waals surface area contributed by atoms with E-state index in [1.807, 2.05) is 12.1 Å². The van der Waals surface area contributed by atoms with Gasteiger partial charge in [0.1, 0.15) is 5.82 Å². The maximum Gasteiger partial charge on any atom is 0.123 e. The van der Waals surface area contributed by atoms with Gasteiger partial charge in [-0.1, -0.05) is 0 Å². The van der Waals surface area contributed by atoms with Gasteiger partial charge in [0.15, 0.2) is 0 Å². The van der Waals surface area contributed by atoms with E-state index in [9.17, 15) is 9.50 Å². The van der Waals surface area contributed by atoms with Crippen LogP contribution in [0.5, 0.6) is 0 Å². The van der Waals surface area contributed by atoms with Crippen LogP contribution in [0.25, 0.3) is 0 Å². The van der Waals surface area contributed by atoms with Gasteiger partial charge in [0.05, 0.1) is 5.60 Å². The van der Waals surface area contributed by atoms with E-state index in [1.165, 1.54) is 18.6 Å². The smallest absolute Gasteiger partial charge is 0.123 e. The third kappa shape index (κ3) is 3.23. The van der Waals surface area contributed by atoms with Gasteiger partial charge < -0.3 is 10.0 Å². The number of piperazine rings is 1. The van der Waals surface area contributed by atoms with Gasteiger partial charge in [-0.3, -0.25) is 9.80 Å². The lowest BCUT2D eigenvalue weighted by Crippen LogP contribution is -2.65. The van der Waals surface area contributed by atoms with Crippen LogP contribution in [0.4, 0.5) is 10.1 Å². The molecule has 0 atom stereocenters. The van der Waals surface area contributed by atoms with E-state index in [0.717, 1.165) is 64.3 Å². The molecule has 0 spiro atoms. The summed E-state index contributed by atoms with van der Waals surface area (Å²) in [4.78, 5) is 7.31. The van der Waals surface area contributed by atoms with E-state index in [1.54, 1.807) is 0 Å². The highest BCUT2D eigenvalue weighted by Crippen LogP contribution is 2.34. The molecule has 1 aromatic carbocycles. The lowest BCUT2D eigenvalue weighted by molar-refractivity contribution is -0.0869. The van der Waals surface area contributed by atoms with Crippen LogP contribution in [0.2, 0.25) is 0 Å². The molecular weight excluding hydrogens is 293 g/mol. The molecule has 5 heteroatoms. The first-order valence-electron chi connectivity index (χ1n) is 8.81. The summed E-state index contributed by atoms with van der Waals surface area (Å²) in [6.07, 6.45) is 3.13. The van der Waals surface area contributed by atoms with Crippen LogP contribution in [-0.2, 0) is 0 Å². The van der Waals surface area contributed by atoms with Gasteiger partial charge in [0, 0.05) is 57.5 Å². The van der Waals surface area contributed by atoms with Crippen molar-refractivity contribution in [1.82, 2.24) is 9.80 Å². The number of β-amino-alcohol motifs (C(OH)–C–C–N with tert-alkyl or cyclic N) is 1. The molecule has 0 bridgehead atoms. The highest BCUT2D eigenvalue weighted by atomic mass is 19.1. The topological polar surface area (TPSA) is 30.0 Å². The molecule has 23 heavy (non-hydrogen) atoms. The second-order valence-corrected chi connectivity index (χ2v) is 7.43. The van der Waals surface area contributed by atoms with Crippen molar-refractivity contribution in [3.05, 3.63) is 30.1 Å². The minimum Gasteiger partial charge on any atom is -0.389 e. The van der Waals surface area contributed by atoms with Crippen molar-refractivity contribution in [3.8, 4) is 0 Å². The number of likely N-dealkylation sites (tertiary alicyclic amines) is 1. The lowest BCUT2D eigenvalue weighted by atomic mass is 9.79. The molecule has 2 heterocycles. The number of nitrogens with zero attached hydrogens (tertiary/aromatic N) is 3. The van der Waals surface area contributed by atoms with Crippen molar-refractivity contribution in [2.45, 2.75) is 30.9 Å². The number of rotatable bonds is 4. The van der Waals surface area contributed by atoms with Gasteiger partial charge in [0.25, 0.3) is 0 Å². The molecule has 2 aliphatic heterocycles. The molecule has 4 rings (SSSR count). The first-order valence-corrected chi connectivity index (χ1v) is 8.81. The van der Waals surface area contributed by atoms with E-state index in [2.05, 4.69) is 14.7 Å². The summed E-state index contributed by atoms with van der Waals surface area (Å²) in [5, 5.41) is 10.2. The van der Waals surface area contributed by atoms with Gasteiger partial charge in [-0.15, -0.1) is 0 Å². The number of halogens is 1. The first kappa shape index (κ1) is 15.4. The average molecular weight is 319 g/mol. The Morgan fingerprint density at radius 3 is 2.26 bits per heavy atom. The molecule has 0 aromatic heterocycles. The normalized spacial score (nSPS) is 25.9. The molecule has 2 saturated heterocycles. The third-order valence-corrected chi connectivity index (χ3v) is 5.76. The van der Waals surface area contributed by atoms with E-state index >= 15 is 0 Å². The summed E-state index contributed by atoms with van der Waals surface area (Å²) in [7, 11) is 0. The number of hydrogen-bond donors (Lipinski definition) is 1. The fourth-order valence-electron chi connectivity index (χ4n) is 4.06. The van der Waals surface area contributed by atoms with Crippen molar-refractivity contribution >= 4 is 5.69 Å². The van der Waals surface area contributed by atoms with Crippen LogP contribution in [0.1, 0.15) is 19.3 Å². The highest BCUT2D eigenvalue weighted by Gasteiger charge is 2.41. The van der Waals surface area contributed by atoms with Crippen LogP contribution in [0.3, 0.4) is 0 Å². The zero-order chi connectivity index (χ0) is 15.9. The van der Waals surface area contributed by atoms with Gasteiger partial charge in [-0.25, -0.2) is 4.39 Å². The van der Waals surface area contributed by atoms with E-state index in [0.29, 0.717) is 6.04 Å². The van der Waals surface area contributed by atoms with E-state index in [-0.39, 0.29) is 11.4 Å². The van der Waals surface area contributed by atoms with Crippen LogP contribution >= 0.6 is 0 Å². The Kier molecular flexibility index (Phi) is 4.03. The molecule has 3 aliphatic rings. The summed E-state index contributed by atoms with van der Waals surface area (Å²) >= 11 is 0. The minimum atomic E-state index is -0.383. The van der Waals surface area contributed by atoms with Crippen molar-refractivity contribution in [2.75, 3.05) is 50.7 Å². The minimum absolute atomic E-state index is 0.171. The van der Waals surface area contributed by atoms with Crippen molar-refractivity contribution in [1.29, 1.82) is 0 Å². The Balaban J connectivity index is 1.22. The summed E-state index contributed by atoms with van der Waals surface area (Å²) < 4.78 is 13.0. The molecule has 3 fully saturated rings. The summed E-state index contributed by atoms with van der Waals surface area (Å²) in [6.45, 7) is 7.20. The summed E-state index contributed by atoms with van der Waals surface area (Å²) in [5.74, 6) is -0.171. The number of aliphatic hydroxyl groups is 1. The second-order valence-electron chi connectivity index (χ2n) is 7.43. The zero-order valence-corrected chi connectivity index (χ0v) is 13.6. The predicted octanol–water partition coefficient (Wildman–Crippen LogP) is 1.55. The standard InChI is InChI=1S/C18H26FN3O/c19-15-2-4-16(5-3-15)21-8-10-22(11-9-21)17-12-20(13-17)14-18(23)6-1-7-18/h2-5,17,23H,1,6-14H2. The zero-order valence-electron chi connectivity index (χ0n) is 13.6. The van der Waals surface area contributed by atoms with Crippen LogP contribution in [0, 0.1) is 5.82 Å². The Bertz CT molecular complexity index is 532. The molecule has 0 radical (unpaired) electrons. The van der Waals surface area contributed by atoms with Crippen molar-refractivity contribution in [2.24, 2.45) is 0 Å². The summed E-state index contributed by atoms with van der Waals surface area (Å²) in [5.41, 5.74) is 0.736. The molecule has 1 aromatic rings. The molecule has 1 aliphatic carbocycles. The van der Waals surface area contributed by atoms with Crippen LogP contribution in [-0.4, -0.2) is 72.4 Å². The van der Waals surface area contributed by atoms with Crippen molar-refractivity contribution in [3.63, 3.8) is 0 Å². The first-order chi connectivity index (χ1) is 11.1. The number of anilines is 1. The number of hydrogen-bond acceptors (Lipinski definition) is 4. The Morgan fingerprint density at radius 1 is 1.04 bits per heavy atom. The van der Waals surface area contributed by atoms with Crippen LogP contribution < -0.4 is 4.90 Å². The quantitative estimate of drug-likeness (QED) is 0.912. The number of benzene rings is 1. The van der Waals surface area contributed by atoms with E-state index in [4.69, 9.17) is 0 Å². The van der Waals surface area contributed by atoms with Gasteiger partial charge in [-0.05, 0) is 43.5 Å². The average Bonchev–Trinajstić information content (AvgIpc) is 2.50. The molecule has 1 saturated carbocycles.